The molecule has 5 nitrogen and oxygen atoms in total. The zero-order valence-corrected chi connectivity index (χ0v) is 22.1. The Kier molecular flexibility index (Phi) is 10.0. The second-order valence-corrected chi connectivity index (χ2v) is 13.0. The van der Waals surface area contributed by atoms with Gasteiger partial charge in [-0.25, -0.2) is 8.42 Å². The van der Waals surface area contributed by atoms with Crippen LogP contribution in [0.4, 0.5) is 0 Å². The van der Waals surface area contributed by atoms with Crippen LogP contribution in [0.3, 0.4) is 0 Å². The van der Waals surface area contributed by atoms with E-state index in [1.807, 2.05) is 12.1 Å². The number of hydrogen-bond acceptors (Lipinski definition) is 4. The number of ether oxygens (including phenoxy) is 1. The lowest BCUT2D eigenvalue weighted by Gasteiger charge is -2.34. The molecule has 1 heterocycles. The third-order valence-corrected chi connectivity index (χ3v) is 8.07. The topological polar surface area (TPSA) is 58.6 Å². The summed E-state index contributed by atoms with van der Waals surface area (Å²) < 4.78 is 34.9. The highest BCUT2D eigenvalue weighted by Gasteiger charge is 2.33. The predicted octanol–water partition coefficient (Wildman–Crippen LogP) is 5.73. The van der Waals surface area contributed by atoms with Gasteiger partial charge in [-0.05, 0) is 41.4 Å². The maximum absolute atomic E-state index is 13.6. The summed E-state index contributed by atoms with van der Waals surface area (Å²) in [5, 5.41) is 3.24. The van der Waals surface area contributed by atoms with Crippen LogP contribution in [-0.2, 0) is 15.4 Å². The van der Waals surface area contributed by atoms with Crippen molar-refractivity contribution >= 4 is 10.0 Å². The molecule has 0 bridgehead atoms. The first-order valence-electron chi connectivity index (χ1n) is 12.5. The lowest BCUT2D eigenvalue weighted by molar-refractivity contribution is 0.281. The molecule has 0 saturated carbocycles. The average molecular weight is 467 g/mol. The first kappa shape index (κ1) is 27.1. The van der Waals surface area contributed by atoms with E-state index in [0.29, 0.717) is 43.4 Å². The third-order valence-electron chi connectivity index (χ3n) is 6.15. The Morgan fingerprint density at radius 2 is 1.59 bits per heavy atom. The summed E-state index contributed by atoms with van der Waals surface area (Å²) in [6.07, 6.45) is 8.02. The maximum atomic E-state index is 13.6. The van der Waals surface area contributed by atoms with Crippen molar-refractivity contribution in [2.45, 2.75) is 96.8 Å². The Balaban J connectivity index is 2.26. The van der Waals surface area contributed by atoms with Gasteiger partial charge in [0.25, 0.3) is 0 Å². The molecular weight excluding hydrogens is 420 g/mol. The minimum absolute atomic E-state index is 0.135. The second-order valence-electron chi connectivity index (χ2n) is 11.1. The summed E-state index contributed by atoms with van der Waals surface area (Å²) in [6, 6.07) is 5.81. The van der Waals surface area contributed by atoms with Gasteiger partial charge in [0.05, 0.1) is 6.61 Å². The molecule has 32 heavy (non-hydrogen) atoms. The van der Waals surface area contributed by atoms with Crippen molar-refractivity contribution in [2.24, 2.45) is 5.41 Å². The van der Waals surface area contributed by atoms with Crippen molar-refractivity contribution < 1.29 is 13.2 Å². The zero-order chi connectivity index (χ0) is 23.8. The molecule has 0 atom stereocenters. The van der Waals surface area contributed by atoms with Crippen LogP contribution in [0, 0.1) is 5.41 Å². The average Bonchev–Trinajstić information content (AvgIpc) is 2.72. The molecule has 0 spiro atoms. The molecule has 1 aromatic carbocycles. The quantitative estimate of drug-likeness (QED) is 0.399. The fourth-order valence-corrected chi connectivity index (χ4v) is 6.36. The largest absolute Gasteiger partial charge is 0.492 e. The van der Waals surface area contributed by atoms with E-state index < -0.39 is 10.0 Å². The van der Waals surface area contributed by atoms with Crippen LogP contribution in [0.25, 0.3) is 0 Å². The number of unbranched alkanes of at least 4 members (excludes halogenated alkanes) is 5. The number of rotatable bonds is 12. The Labute approximate surface area is 197 Å². The molecule has 1 aromatic rings. The van der Waals surface area contributed by atoms with E-state index >= 15 is 0 Å². The maximum Gasteiger partial charge on any atom is 0.246 e. The Morgan fingerprint density at radius 1 is 0.969 bits per heavy atom. The van der Waals surface area contributed by atoms with Crippen molar-refractivity contribution in [3.05, 3.63) is 23.8 Å². The van der Waals surface area contributed by atoms with Crippen molar-refractivity contribution in [2.75, 3.05) is 32.8 Å². The van der Waals surface area contributed by atoms with Gasteiger partial charge in [-0.3, -0.25) is 0 Å². The molecule has 6 heteroatoms. The van der Waals surface area contributed by atoms with Crippen molar-refractivity contribution in [1.29, 1.82) is 0 Å². The molecule has 2 rings (SSSR count). The molecule has 184 valence electrons. The Morgan fingerprint density at radius 3 is 2.22 bits per heavy atom. The normalized spacial score (nSPS) is 16.3. The molecule has 1 fully saturated rings. The van der Waals surface area contributed by atoms with E-state index in [4.69, 9.17) is 4.74 Å². The van der Waals surface area contributed by atoms with Crippen LogP contribution in [0.1, 0.15) is 92.1 Å². The highest BCUT2D eigenvalue weighted by Crippen LogP contribution is 2.39. The van der Waals surface area contributed by atoms with Gasteiger partial charge in [-0.1, -0.05) is 79.7 Å². The number of nitrogens with zero attached hydrogens (tertiary/aromatic N) is 1. The summed E-state index contributed by atoms with van der Waals surface area (Å²) in [5.74, 6) is 0.493. The zero-order valence-electron chi connectivity index (χ0n) is 21.3. The number of piperazine rings is 1. The van der Waals surface area contributed by atoms with E-state index in [2.05, 4.69) is 52.9 Å². The first-order chi connectivity index (χ1) is 15.0. The van der Waals surface area contributed by atoms with E-state index in [0.717, 1.165) is 24.8 Å². The minimum Gasteiger partial charge on any atom is -0.492 e. The van der Waals surface area contributed by atoms with Gasteiger partial charge in [0.2, 0.25) is 10.0 Å². The van der Waals surface area contributed by atoms with Crippen LogP contribution in [-0.4, -0.2) is 45.5 Å². The molecule has 1 N–H and O–H groups in total. The molecule has 0 aliphatic carbocycles. The molecule has 1 aliphatic heterocycles. The molecule has 0 aromatic heterocycles. The van der Waals surface area contributed by atoms with Gasteiger partial charge >= 0.3 is 0 Å². The van der Waals surface area contributed by atoms with Crippen LogP contribution < -0.4 is 10.1 Å². The fraction of sp³-hybridized carbons (Fsp3) is 0.769. The lowest BCUT2D eigenvalue weighted by Crippen LogP contribution is -2.46. The number of hydrogen-bond donors (Lipinski definition) is 1. The number of sulfonamides is 1. The Bertz CT molecular complexity index is 807. The van der Waals surface area contributed by atoms with Crippen LogP contribution >= 0.6 is 0 Å². The SMILES string of the molecule is CCCCCCCCOc1ccc(C(C)(C)CC(C)(C)C)cc1S(=O)(=O)N1CCNCC1. The molecule has 0 radical (unpaired) electrons. The van der Waals surface area contributed by atoms with E-state index in [9.17, 15) is 8.42 Å². The highest BCUT2D eigenvalue weighted by atomic mass is 32.2. The monoisotopic (exact) mass is 466 g/mol. The van der Waals surface area contributed by atoms with Gasteiger partial charge < -0.3 is 10.1 Å². The molecule has 0 amide bonds. The van der Waals surface area contributed by atoms with Crippen LogP contribution in [0.15, 0.2) is 23.1 Å². The summed E-state index contributed by atoms with van der Waals surface area (Å²) >= 11 is 0. The number of benzene rings is 1. The lowest BCUT2D eigenvalue weighted by atomic mass is 9.72. The third kappa shape index (κ3) is 8.03. The predicted molar refractivity (Wildman–Crippen MR) is 134 cm³/mol. The molecule has 1 aliphatic rings. The summed E-state index contributed by atoms with van der Waals surface area (Å²) in [4.78, 5) is 0.324. The summed E-state index contributed by atoms with van der Waals surface area (Å²) in [6.45, 7) is 16.2. The second kappa shape index (κ2) is 11.8. The van der Waals surface area contributed by atoms with E-state index in [-0.39, 0.29) is 10.8 Å². The molecular formula is C26H46N2O3S. The van der Waals surface area contributed by atoms with Crippen molar-refractivity contribution in [3.63, 3.8) is 0 Å². The molecule has 0 unspecified atom stereocenters. The standard InChI is InChI=1S/C26H46N2O3S/c1-7-8-9-10-11-12-19-31-23-14-13-22(26(5,6)21-25(2,3)4)20-24(23)32(29,30)28-17-15-27-16-18-28/h13-14,20,27H,7-12,15-19,21H2,1-6H3. The fourth-order valence-electron chi connectivity index (χ4n) is 4.77. The summed E-state index contributed by atoms with van der Waals surface area (Å²) in [5.41, 5.74) is 1.06. The van der Waals surface area contributed by atoms with Gasteiger partial charge in [0, 0.05) is 26.2 Å². The smallest absolute Gasteiger partial charge is 0.246 e. The van der Waals surface area contributed by atoms with Gasteiger partial charge in [0.1, 0.15) is 10.6 Å². The van der Waals surface area contributed by atoms with Crippen LogP contribution in [0.5, 0.6) is 5.75 Å². The van der Waals surface area contributed by atoms with Crippen LogP contribution in [0.2, 0.25) is 0 Å². The highest BCUT2D eigenvalue weighted by molar-refractivity contribution is 7.89. The van der Waals surface area contributed by atoms with Gasteiger partial charge in [-0.2, -0.15) is 4.31 Å². The number of nitrogens with one attached hydrogen (secondary N) is 1. The first-order valence-corrected chi connectivity index (χ1v) is 13.9. The summed E-state index contributed by atoms with van der Waals surface area (Å²) in [7, 11) is -3.61. The van der Waals surface area contributed by atoms with E-state index in [1.165, 1.54) is 25.7 Å². The minimum atomic E-state index is -3.61. The Hall–Kier alpha value is -1.11. The molecule has 1 saturated heterocycles. The van der Waals surface area contributed by atoms with Crippen molar-refractivity contribution in [1.82, 2.24) is 9.62 Å². The van der Waals surface area contributed by atoms with Gasteiger partial charge in [-0.15, -0.1) is 0 Å². The van der Waals surface area contributed by atoms with E-state index in [1.54, 1.807) is 4.31 Å². The van der Waals surface area contributed by atoms with Crippen molar-refractivity contribution in [3.8, 4) is 5.75 Å². The van der Waals surface area contributed by atoms with Gasteiger partial charge in [0.15, 0.2) is 0 Å².